The van der Waals surface area contributed by atoms with Crippen LogP contribution in [-0.2, 0) is 11.3 Å². The molecule has 1 saturated carbocycles. The van der Waals surface area contributed by atoms with Crippen LogP contribution < -0.4 is 0 Å². The molecule has 0 amide bonds. The SMILES string of the molecule is CC(C)c1ccc(-c2nc(CN(C3CC3)C(C)C(=O)O)cs2)cc1. The summed E-state index contributed by atoms with van der Waals surface area (Å²) in [5.41, 5.74) is 3.41. The third-order valence-electron chi connectivity index (χ3n) is 4.59. The number of benzene rings is 1. The number of carboxylic acid groups (broad SMARTS) is 1. The molecule has 0 bridgehead atoms. The highest BCUT2D eigenvalue weighted by molar-refractivity contribution is 7.13. The van der Waals surface area contributed by atoms with Crippen LogP contribution in [0.1, 0.15) is 50.8 Å². The number of hydrogen-bond donors (Lipinski definition) is 1. The molecule has 0 aliphatic heterocycles. The molecule has 128 valence electrons. The zero-order valence-electron chi connectivity index (χ0n) is 14.4. The van der Waals surface area contributed by atoms with Gasteiger partial charge in [-0.2, -0.15) is 0 Å². The maximum atomic E-state index is 11.3. The monoisotopic (exact) mass is 344 g/mol. The Morgan fingerprint density at radius 1 is 1.29 bits per heavy atom. The summed E-state index contributed by atoms with van der Waals surface area (Å²) in [5.74, 6) is -0.239. The largest absolute Gasteiger partial charge is 0.480 e. The van der Waals surface area contributed by atoms with Gasteiger partial charge in [0.2, 0.25) is 0 Å². The number of carbonyl (C=O) groups is 1. The van der Waals surface area contributed by atoms with E-state index in [4.69, 9.17) is 4.98 Å². The molecular formula is C19H24N2O2S. The number of aliphatic carboxylic acids is 1. The van der Waals surface area contributed by atoms with Gasteiger partial charge in [-0.1, -0.05) is 38.1 Å². The van der Waals surface area contributed by atoms with Crippen molar-refractivity contribution in [3.8, 4) is 10.6 Å². The first-order chi connectivity index (χ1) is 11.5. The Kier molecular flexibility index (Phi) is 5.01. The zero-order valence-corrected chi connectivity index (χ0v) is 15.2. The quantitative estimate of drug-likeness (QED) is 0.810. The summed E-state index contributed by atoms with van der Waals surface area (Å²) in [6, 6.07) is 8.49. The number of nitrogens with zero attached hydrogens (tertiary/aromatic N) is 2. The van der Waals surface area contributed by atoms with Gasteiger partial charge in [0.25, 0.3) is 0 Å². The van der Waals surface area contributed by atoms with Crippen LogP contribution in [0.5, 0.6) is 0 Å². The average molecular weight is 344 g/mol. The van der Waals surface area contributed by atoms with Crippen molar-refractivity contribution < 1.29 is 9.90 Å². The van der Waals surface area contributed by atoms with Gasteiger partial charge in [0.1, 0.15) is 11.0 Å². The van der Waals surface area contributed by atoms with Crippen LogP contribution in [0.25, 0.3) is 10.6 Å². The number of hydrogen-bond acceptors (Lipinski definition) is 4. The fourth-order valence-electron chi connectivity index (χ4n) is 2.84. The Morgan fingerprint density at radius 2 is 1.96 bits per heavy atom. The lowest BCUT2D eigenvalue weighted by Gasteiger charge is -2.25. The topological polar surface area (TPSA) is 53.4 Å². The molecule has 1 unspecified atom stereocenters. The molecule has 1 N–H and O–H groups in total. The van der Waals surface area contributed by atoms with Crippen LogP contribution >= 0.6 is 11.3 Å². The molecule has 1 aliphatic rings. The van der Waals surface area contributed by atoms with E-state index >= 15 is 0 Å². The third-order valence-corrected chi connectivity index (χ3v) is 5.53. The molecule has 1 heterocycles. The molecular weight excluding hydrogens is 320 g/mol. The highest BCUT2D eigenvalue weighted by Crippen LogP contribution is 2.32. The van der Waals surface area contributed by atoms with Gasteiger partial charge in [-0.05, 0) is 31.2 Å². The first-order valence-corrected chi connectivity index (χ1v) is 9.37. The first-order valence-electron chi connectivity index (χ1n) is 8.49. The molecule has 1 aliphatic carbocycles. The predicted octanol–water partition coefficient (Wildman–Crippen LogP) is 4.37. The lowest BCUT2D eigenvalue weighted by molar-refractivity contribution is -0.143. The van der Waals surface area contributed by atoms with Gasteiger partial charge in [0, 0.05) is 23.5 Å². The third kappa shape index (κ3) is 3.84. The standard InChI is InChI=1S/C19H24N2O2S/c1-12(2)14-4-6-15(7-5-14)18-20-16(11-24-18)10-21(17-8-9-17)13(3)19(22)23/h4-7,11-13,17H,8-10H2,1-3H3,(H,22,23). The van der Waals surface area contributed by atoms with Gasteiger partial charge < -0.3 is 5.11 Å². The van der Waals surface area contributed by atoms with Gasteiger partial charge in [-0.25, -0.2) is 4.98 Å². The number of thiazole rings is 1. The summed E-state index contributed by atoms with van der Waals surface area (Å²) >= 11 is 1.63. The molecule has 0 spiro atoms. The van der Waals surface area contributed by atoms with Crippen molar-refractivity contribution in [1.29, 1.82) is 0 Å². The molecule has 0 saturated heterocycles. The molecule has 1 aromatic heterocycles. The van der Waals surface area contributed by atoms with Crippen molar-refractivity contribution in [3.05, 3.63) is 40.9 Å². The Labute approximate surface area is 147 Å². The highest BCUT2D eigenvalue weighted by Gasteiger charge is 2.35. The number of rotatable bonds is 7. The van der Waals surface area contributed by atoms with Crippen molar-refractivity contribution in [1.82, 2.24) is 9.88 Å². The van der Waals surface area contributed by atoms with Crippen molar-refractivity contribution in [2.45, 2.75) is 58.2 Å². The van der Waals surface area contributed by atoms with Crippen LogP contribution in [0, 0.1) is 0 Å². The maximum Gasteiger partial charge on any atom is 0.320 e. The van der Waals surface area contributed by atoms with E-state index in [1.54, 1.807) is 18.3 Å². The van der Waals surface area contributed by atoms with E-state index < -0.39 is 12.0 Å². The van der Waals surface area contributed by atoms with Crippen LogP contribution in [-0.4, -0.2) is 33.0 Å². The van der Waals surface area contributed by atoms with Gasteiger partial charge in [0.05, 0.1) is 5.69 Å². The Morgan fingerprint density at radius 3 is 2.50 bits per heavy atom. The molecule has 0 radical (unpaired) electrons. The first kappa shape index (κ1) is 17.1. The average Bonchev–Trinajstić information content (AvgIpc) is 3.30. The predicted molar refractivity (Wildman–Crippen MR) is 97.3 cm³/mol. The van der Waals surface area contributed by atoms with Gasteiger partial charge >= 0.3 is 5.97 Å². The fourth-order valence-corrected chi connectivity index (χ4v) is 3.66. The smallest absolute Gasteiger partial charge is 0.320 e. The Balaban J connectivity index is 1.73. The minimum absolute atomic E-state index is 0.395. The van der Waals surface area contributed by atoms with E-state index in [2.05, 4.69) is 48.4 Å². The van der Waals surface area contributed by atoms with Gasteiger partial charge in [-0.15, -0.1) is 11.3 Å². The van der Waals surface area contributed by atoms with Crippen molar-refractivity contribution in [3.63, 3.8) is 0 Å². The minimum Gasteiger partial charge on any atom is -0.480 e. The van der Waals surface area contributed by atoms with Crippen LogP contribution in [0.2, 0.25) is 0 Å². The number of carboxylic acids is 1. The van der Waals surface area contributed by atoms with Crippen LogP contribution in [0.3, 0.4) is 0 Å². The summed E-state index contributed by atoms with van der Waals surface area (Å²) in [7, 11) is 0. The zero-order chi connectivity index (χ0) is 17.3. The van der Waals surface area contributed by atoms with Crippen molar-refractivity contribution in [2.75, 3.05) is 0 Å². The second kappa shape index (κ2) is 7.03. The molecule has 1 fully saturated rings. The van der Waals surface area contributed by atoms with Crippen molar-refractivity contribution >= 4 is 17.3 Å². The fraction of sp³-hybridized carbons (Fsp3) is 0.474. The second-order valence-electron chi connectivity index (χ2n) is 6.84. The molecule has 4 nitrogen and oxygen atoms in total. The van der Waals surface area contributed by atoms with Gasteiger partial charge in [-0.3, -0.25) is 9.69 Å². The van der Waals surface area contributed by atoms with E-state index in [9.17, 15) is 9.90 Å². The normalized spacial score (nSPS) is 15.9. The summed E-state index contributed by atoms with van der Waals surface area (Å²) in [6.45, 7) is 6.75. The van der Waals surface area contributed by atoms with Crippen LogP contribution in [0.15, 0.2) is 29.6 Å². The number of aromatic nitrogens is 1. The van der Waals surface area contributed by atoms with E-state index in [0.717, 1.165) is 29.1 Å². The summed E-state index contributed by atoms with van der Waals surface area (Å²) in [5, 5.41) is 12.4. The molecule has 1 aromatic carbocycles. The molecule has 24 heavy (non-hydrogen) atoms. The Hall–Kier alpha value is -1.72. The molecule has 3 rings (SSSR count). The van der Waals surface area contributed by atoms with E-state index in [0.29, 0.717) is 18.5 Å². The second-order valence-corrected chi connectivity index (χ2v) is 7.70. The van der Waals surface area contributed by atoms with E-state index in [1.807, 2.05) is 0 Å². The highest BCUT2D eigenvalue weighted by atomic mass is 32.1. The summed E-state index contributed by atoms with van der Waals surface area (Å²) < 4.78 is 0. The Bertz CT molecular complexity index is 704. The molecule has 5 heteroatoms. The summed E-state index contributed by atoms with van der Waals surface area (Å²) in [4.78, 5) is 18.1. The molecule has 1 atom stereocenters. The van der Waals surface area contributed by atoms with Crippen LogP contribution in [0.4, 0.5) is 0 Å². The molecule has 2 aromatic rings. The lowest BCUT2D eigenvalue weighted by atomic mass is 10.0. The van der Waals surface area contributed by atoms with Crippen molar-refractivity contribution in [2.24, 2.45) is 0 Å². The van der Waals surface area contributed by atoms with E-state index in [-0.39, 0.29) is 0 Å². The lowest BCUT2D eigenvalue weighted by Crippen LogP contribution is -2.40. The van der Waals surface area contributed by atoms with E-state index in [1.165, 1.54) is 5.56 Å². The minimum atomic E-state index is -0.762. The van der Waals surface area contributed by atoms with Gasteiger partial charge in [0.15, 0.2) is 0 Å². The summed E-state index contributed by atoms with van der Waals surface area (Å²) in [6.07, 6.45) is 2.18. The maximum absolute atomic E-state index is 11.3.